The predicted molar refractivity (Wildman–Crippen MR) is 117 cm³/mol. The van der Waals surface area contributed by atoms with Crippen molar-refractivity contribution in [2.45, 2.75) is 34.1 Å². The van der Waals surface area contributed by atoms with Gasteiger partial charge in [0.15, 0.2) is 0 Å². The van der Waals surface area contributed by atoms with Crippen molar-refractivity contribution < 1.29 is 9.59 Å². The maximum absolute atomic E-state index is 12.1. The molecule has 0 aliphatic rings. The molecule has 0 atom stereocenters. The van der Waals surface area contributed by atoms with Crippen LogP contribution in [0.3, 0.4) is 0 Å². The van der Waals surface area contributed by atoms with E-state index in [1.54, 1.807) is 24.3 Å². The van der Waals surface area contributed by atoms with Crippen LogP contribution >= 0.6 is 0 Å². The number of aryl methyl sites for hydroxylation is 1. The fourth-order valence-corrected chi connectivity index (χ4v) is 3.01. The molecule has 0 unspecified atom stereocenters. The fraction of sp³-hybridized carbons (Fsp3) is 0.364. The zero-order valence-corrected chi connectivity index (χ0v) is 17.1. The maximum Gasteiger partial charge on any atom is 0.226 e. The van der Waals surface area contributed by atoms with Crippen molar-refractivity contribution >= 4 is 34.6 Å². The third-order valence-corrected chi connectivity index (χ3v) is 4.50. The van der Waals surface area contributed by atoms with Gasteiger partial charge in [-0.25, -0.2) is 0 Å². The number of nitrogens with zero attached hydrogens (tertiary/aromatic N) is 1. The first-order valence-electron chi connectivity index (χ1n) is 9.70. The number of rotatable bonds is 9. The molecule has 150 valence electrons. The molecule has 0 aliphatic carbocycles. The van der Waals surface area contributed by atoms with Crippen LogP contribution in [0.25, 0.3) is 0 Å². The van der Waals surface area contributed by atoms with Crippen molar-refractivity contribution in [1.82, 2.24) is 0 Å². The largest absolute Gasteiger partial charge is 0.384 e. The lowest BCUT2D eigenvalue weighted by atomic mass is 10.1. The quantitative estimate of drug-likeness (QED) is 0.606. The van der Waals surface area contributed by atoms with Crippen molar-refractivity contribution in [2.75, 3.05) is 40.5 Å². The van der Waals surface area contributed by atoms with Crippen LogP contribution in [-0.2, 0) is 9.59 Å². The first-order valence-corrected chi connectivity index (χ1v) is 9.70. The number of benzene rings is 2. The molecule has 2 amide bonds. The highest BCUT2D eigenvalue weighted by Gasteiger charge is 2.06. The summed E-state index contributed by atoms with van der Waals surface area (Å²) in [7, 11) is 0. The highest BCUT2D eigenvalue weighted by Crippen LogP contribution is 2.22. The Morgan fingerprint density at radius 1 is 0.929 bits per heavy atom. The Hall–Kier alpha value is -3.02. The third-order valence-electron chi connectivity index (χ3n) is 4.50. The topological polar surface area (TPSA) is 73.5 Å². The van der Waals surface area contributed by atoms with Gasteiger partial charge in [-0.05, 0) is 68.8 Å². The van der Waals surface area contributed by atoms with Gasteiger partial charge in [-0.3, -0.25) is 9.59 Å². The summed E-state index contributed by atoms with van der Waals surface area (Å²) in [5.41, 5.74) is 4.84. The molecule has 0 aromatic heterocycles. The van der Waals surface area contributed by atoms with Crippen LogP contribution in [0.15, 0.2) is 42.5 Å². The van der Waals surface area contributed by atoms with Crippen LogP contribution < -0.4 is 20.9 Å². The summed E-state index contributed by atoms with van der Waals surface area (Å²) in [6, 6.07) is 13.4. The standard InChI is InChI=1S/C22H30N4O2/c1-5-26(6-2)20-11-12-21(16(3)15-20)23-14-13-22(28)25-19-9-7-18(8-10-19)24-17(4)27/h7-12,15,23H,5-6,13-14H2,1-4H3,(H,24,27)(H,25,28). The van der Waals surface area contributed by atoms with Gasteiger partial charge in [0, 0.05) is 55.7 Å². The number of amides is 2. The molecule has 0 spiro atoms. The Labute approximate surface area is 167 Å². The van der Waals surface area contributed by atoms with E-state index in [9.17, 15) is 9.59 Å². The number of hydrogen-bond donors (Lipinski definition) is 3. The Morgan fingerprint density at radius 3 is 2.07 bits per heavy atom. The van der Waals surface area contributed by atoms with E-state index in [0.29, 0.717) is 24.3 Å². The minimum absolute atomic E-state index is 0.0582. The number of carbonyl (C=O) groups is 2. The van der Waals surface area contributed by atoms with E-state index in [1.165, 1.54) is 18.2 Å². The van der Waals surface area contributed by atoms with Crippen LogP contribution in [0.5, 0.6) is 0 Å². The van der Waals surface area contributed by atoms with Crippen molar-refractivity contribution in [2.24, 2.45) is 0 Å². The zero-order chi connectivity index (χ0) is 20.5. The van der Waals surface area contributed by atoms with E-state index in [4.69, 9.17) is 0 Å². The summed E-state index contributed by atoms with van der Waals surface area (Å²) >= 11 is 0. The van der Waals surface area contributed by atoms with E-state index in [0.717, 1.165) is 18.8 Å². The van der Waals surface area contributed by atoms with Crippen molar-refractivity contribution in [3.8, 4) is 0 Å². The van der Waals surface area contributed by atoms with Crippen molar-refractivity contribution in [1.29, 1.82) is 0 Å². The lowest BCUT2D eigenvalue weighted by Crippen LogP contribution is -2.22. The Morgan fingerprint density at radius 2 is 1.54 bits per heavy atom. The second-order valence-corrected chi connectivity index (χ2v) is 6.66. The van der Waals surface area contributed by atoms with Crippen molar-refractivity contribution in [3.63, 3.8) is 0 Å². The Kier molecular flexibility index (Phi) is 7.87. The van der Waals surface area contributed by atoms with Crippen LogP contribution in [0, 0.1) is 6.92 Å². The molecule has 3 N–H and O–H groups in total. The first-order chi connectivity index (χ1) is 13.4. The molecule has 0 bridgehead atoms. The zero-order valence-electron chi connectivity index (χ0n) is 17.1. The van der Waals surface area contributed by atoms with E-state index in [-0.39, 0.29) is 11.8 Å². The van der Waals surface area contributed by atoms with Gasteiger partial charge in [-0.15, -0.1) is 0 Å². The van der Waals surface area contributed by atoms with Gasteiger partial charge in [-0.2, -0.15) is 0 Å². The molecule has 0 radical (unpaired) electrons. The highest BCUT2D eigenvalue weighted by molar-refractivity contribution is 5.92. The predicted octanol–water partition coefficient (Wildman–Crippen LogP) is 4.24. The summed E-state index contributed by atoms with van der Waals surface area (Å²) in [6.45, 7) is 10.4. The molecule has 2 rings (SSSR count). The molecule has 0 heterocycles. The molecule has 2 aromatic carbocycles. The van der Waals surface area contributed by atoms with Gasteiger partial charge in [0.25, 0.3) is 0 Å². The first kappa shape index (κ1) is 21.3. The maximum atomic E-state index is 12.1. The summed E-state index contributed by atoms with van der Waals surface area (Å²) in [6.07, 6.45) is 0.366. The molecular formula is C22H30N4O2. The van der Waals surface area contributed by atoms with Crippen molar-refractivity contribution in [3.05, 3.63) is 48.0 Å². The Balaban J connectivity index is 1.82. The smallest absolute Gasteiger partial charge is 0.226 e. The third kappa shape index (κ3) is 6.30. The molecule has 0 saturated heterocycles. The van der Waals surface area contributed by atoms with Gasteiger partial charge in [0.05, 0.1) is 0 Å². The van der Waals surface area contributed by atoms with Crippen LogP contribution in [0.1, 0.15) is 32.8 Å². The van der Waals surface area contributed by atoms with Gasteiger partial charge in [0.2, 0.25) is 11.8 Å². The van der Waals surface area contributed by atoms with Gasteiger partial charge in [-0.1, -0.05) is 0 Å². The molecule has 0 fully saturated rings. The van der Waals surface area contributed by atoms with Gasteiger partial charge in [0.1, 0.15) is 0 Å². The monoisotopic (exact) mass is 382 g/mol. The molecule has 0 aliphatic heterocycles. The van der Waals surface area contributed by atoms with E-state index < -0.39 is 0 Å². The molecular weight excluding hydrogens is 352 g/mol. The lowest BCUT2D eigenvalue weighted by Gasteiger charge is -2.22. The Bertz CT molecular complexity index is 799. The minimum atomic E-state index is -0.122. The highest BCUT2D eigenvalue weighted by atomic mass is 16.2. The fourth-order valence-electron chi connectivity index (χ4n) is 3.01. The van der Waals surface area contributed by atoms with E-state index in [2.05, 4.69) is 59.8 Å². The summed E-state index contributed by atoms with van der Waals surface area (Å²) in [4.78, 5) is 25.5. The summed E-state index contributed by atoms with van der Waals surface area (Å²) in [5.74, 6) is -0.180. The summed E-state index contributed by atoms with van der Waals surface area (Å²) in [5, 5.41) is 8.90. The van der Waals surface area contributed by atoms with E-state index >= 15 is 0 Å². The molecule has 2 aromatic rings. The van der Waals surface area contributed by atoms with Crippen LogP contribution in [0.4, 0.5) is 22.7 Å². The van der Waals surface area contributed by atoms with Crippen LogP contribution in [-0.4, -0.2) is 31.4 Å². The number of nitrogens with one attached hydrogen (secondary N) is 3. The number of hydrogen-bond acceptors (Lipinski definition) is 4. The SMILES string of the molecule is CCN(CC)c1ccc(NCCC(=O)Nc2ccc(NC(C)=O)cc2)c(C)c1. The average molecular weight is 383 g/mol. The van der Waals surface area contributed by atoms with Gasteiger partial charge < -0.3 is 20.9 Å². The lowest BCUT2D eigenvalue weighted by molar-refractivity contribution is -0.116. The normalized spacial score (nSPS) is 10.3. The second-order valence-electron chi connectivity index (χ2n) is 6.66. The molecule has 6 nitrogen and oxygen atoms in total. The minimum Gasteiger partial charge on any atom is -0.384 e. The second kappa shape index (κ2) is 10.3. The average Bonchev–Trinajstić information content (AvgIpc) is 2.65. The number of carbonyl (C=O) groups excluding carboxylic acids is 2. The molecule has 28 heavy (non-hydrogen) atoms. The van der Waals surface area contributed by atoms with Gasteiger partial charge >= 0.3 is 0 Å². The summed E-state index contributed by atoms with van der Waals surface area (Å²) < 4.78 is 0. The number of anilines is 4. The molecule has 6 heteroatoms. The van der Waals surface area contributed by atoms with Crippen LogP contribution in [0.2, 0.25) is 0 Å². The van der Waals surface area contributed by atoms with E-state index in [1.807, 2.05) is 0 Å². The molecule has 0 saturated carbocycles.